The highest BCUT2D eigenvalue weighted by Gasteiger charge is 2.25. The first-order valence-corrected chi connectivity index (χ1v) is 9.86. The molecule has 28 heavy (non-hydrogen) atoms. The lowest BCUT2D eigenvalue weighted by Crippen LogP contribution is -2.34. The normalized spacial score (nSPS) is 18.4. The van der Waals surface area contributed by atoms with Gasteiger partial charge in [-0.2, -0.15) is 0 Å². The maximum Gasteiger partial charge on any atom is 0.219 e. The molecule has 1 saturated heterocycles. The number of hydrogen-bond donors (Lipinski definition) is 0. The average molecular weight is 377 g/mol. The van der Waals surface area contributed by atoms with Gasteiger partial charge in [-0.15, -0.1) is 0 Å². The topological polar surface area (TPSA) is 54.3 Å². The minimum atomic E-state index is 0.156. The number of carbonyl (C=O) groups excluding carboxylic acids is 1. The van der Waals surface area contributed by atoms with Crippen molar-refractivity contribution < 1.29 is 4.79 Å². The number of aromatic nitrogens is 3. The van der Waals surface area contributed by atoms with Crippen LogP contribution in [-0.4, -0.2) is 56.4 Å². The Hall–Kier alpha value is -2.73. The number of fused-ring (bicyclic) bond motifs is 1. The number of benzene rings is 1. The average Bonchev–Trinajstić information content (AvgIpc) is 2.97. The number of imidazole rings is 1. The molecule has 6 nitrogen and oxygen atoms in total. The molecule has 1 unspecified atom stereocenters. The molecule has 1 aliphatic heterocycles. The van der Waals surface area contributed by atoms with Gasteiger partial charge in [0.1, 0.15) is 0 Å². The Kier molecular flexibility index (Phi) is 5.39. The number of para-hydroxylation sites is 1. The number of pyridine rings is 1. The van der Waals surface area contributed by atoms with Gasteiger partial charge in [0.2, 0.25) is 5.91 Å². The summed E-state index contributed by atoms with van der Waals surface area (Å²) in [4.78, 5) is 25.4. The molecule has 0 radical (unpaired) electrons. The van der Waals surface area contributed by atoms with Crippen LogP contribution in [0.25, 0.3) is 10.9 Å². The SMILES string of the molecule is CC(=O)N1CCN(Cc2cncn2C)CC(Cc2cccc3cccnc23)C1. The highest BCUT2D eigenvalue weighted by molar-refractivity contribution is 5.81. The maximum absolute atomic E-state index is 12.1. The van der Waals surface area contributed by atoms with Crippen LogP contribution in [0.3, 0.4) is 0 Å². The number of nitrogens with zero attached hydrogens (tertiary/aromatic N) is 5. The summed E-state index contributed by atoms with van der Waals surface area (Å²) >= 11 is 0. The standard InChI is InChI=1S/C22H27N5O/c1-17(28)27-10-9-26(15-21-12-23-16-25(21)2)13-18(14-27)11-20-6-3-5-19-7-4-8-24-22(19)20/h3-8,12,16,18H,9-11,13-15H2,1-2H3. The summed E-state index contributed by atoms with van der Waals surface area (Å²) in [7, 11) is 2.03. The zero-order valence-corrected chi connectivity index (χ0v) is 16.6. The molecule has 0 bridgehead atoms. The van der Waals surface area contributed by atoms with Crippen molar-refractivity contribution in [3.8, 4) is 0 Å². The van der Waals surface area contributed by atoms with E-state index in [0.717, 1.165) is 44.7 Å². The monoisotopic (exact) mass is 377 g/mol. The predicted molar refractivity (Wildman–Crippen MR) is 110 cm³/mol. The summed E-state index contributed by atoms with van der Waals surface area (Å²) in [5.41, 5.74) is 3.53. The summed E-state index contributed by atoms with van der Waals surface area (Å²) < 4.78 is 2.07. The van der Waals surface area contributed by atoms with E-state index in [2.05, 4.69) is 43.7 Å². The lowest BCUT2D eigenvalue weighted by molar-refractivity contribution is -0.129. The maximum atomic E-state index is 12.1. The number of rotatable bonds is 4. The van der Waals surface area contributed by atoms with Crippen molar-refractivity contribution in [3.05, 3.63) is 60.3 Å². The summed E-state index contributed by atoms with van der Waals surface area (Å²) in [6.07, 6.45) is 6.54. The van der Waals surface area contributed by atoms with Crippen LogP contribution in [0.5, 0.6) is 0 Å². The molecule has 3 aromatic rings. The van der Waals surface area contributed by atoms with Crippen LogP contribution in [0.1, 0.15) is 18.2 Å². The molecule has 1 aromatic carbocycles. The number of amides is 1. The van der Waals surface area contributed by atoms with E-state index in [1.807, 2.05) is 36.7 Å². The van der Waals surface area contributed by atoms with Gasteiger partial charge in [0, 0.05) is 64.5 Å². The summed E-state index contributed by atoms with van der Waals surface area (Å²) in [6.45, 7) is 5.94. The van der Waals surface area contributed by atoms with E-state index < -0.39 is 0 Å². The van der Waals surface area contributed by atoms with Crippen molar-refractivity contribution in [2.24, 2.45) is 13.0 Å². The van der Waals surface area contributed by atoms with E-state index in [1.54, 1.807) is 6.92 Å². The van der Waals surface area contributed by atoms with E-state index >= 15 is 0 Å². The van der Waals surface area contributed by atoms with Gasteiger partial charge in [0.25, 0.3) is 0 Å². The summed E-state index contributed by atoms with van der Waals surface area (Å²) in [5, 5.41) is 1.17. The van der Waals surface area contributed by atoms with Gasteiger partial charge in [-0.25, -0.2) is 4.98 Å². The first-order valence-electron chi connectivity index (χ1n) is 9.86. The summed E-state index contributed by atoms with van der Waals surface area (Å²) in [6, 6.07) is 10.5. The first kappa shape index (κ1) is 18.6. The molecule has 4 rings (SSSR count). The van der Waals surface area contributed by atoms with Crippen molar-refractivity contribution >= 4 is 16.8 Å². The van der Waals surface area contributed by atoms with Gasteiger partial charge in [-0.05, 0) is 24.0 Å². The fourth-order valence-corrected chi connectivity index (χ4v) is 4.15. The van der Waals surface area contributed by atoms with Crippen LogP contribution in [0, 0.1) is 5.92 Å². The molecule has 3 heterocycles. The second-order valence-electron chi connectivity index (χ2n) is 7.76. The highest BCUT2D eigenvalue weighted by Crippen LogP contribution is 2.22. The second-order valence-corrected chi connectivity index (χ2v) is 7.76. The van der Waals surface area contributed by atoms with Gasteiger partial charge >= 0.3 is 0 Å². The Bertz CT molecular complexity index is 961. The fourth-order valence-electron chi connectivity index (χ4n) is 4.15. The quantitative estimate of drug-likeness (QED) is 0.701. The van der Waals surface area contributed by atoms with Crippen molar-refractivity contribution in [2.75, 3.05) is 26.2 Å². The largest absolute Gasteiger partial charge is 0.341 e. The summed E-state index contributed by atoms with van der Waals surface area (Å²) in [5.74, 6) is 0.524. The Morgan fingerprint density at radius 1 is 1.18 bits per heavy atom. The molecule has 0 spiro atoms. The van der Waals surface area contributed by atoms with Crippen LogP contribution in [-0.2, 0) is 24.8 Å². The molecule has 6 heteroatoms. The fraction of sp³-hybridized carbons (Fsp3) is 0.409. The molecule has 1 atom stereocenters. The first-order chi connectivity index (χ1) is 13.6. The lowest BCUT2D eigenvalue weighted by atomic mass is 9.96. The third kappa shape index (κ3) is 4.07. The minimum absolute atomic E-state index is 0.156. The molecule has 1 fully saturated rings. The van der Waals surface area contributed by atoms with Crippen LogP contribution >= 0.6 is 0 Å². The lowest BCUT2D eigenvalue weighted by Gasteiger charge is -2.24. The zero-order valence-electron chi connectivity index (χ0n) is 16.6. The van der Waals surface area contributed by atoms with Crippen LogP contribution in [0.2, 0.25) is 0 Å². The molecular formula is C22H27N5O. The van der Waals surface area contributed by atoms with E-state index in [1.165, 1.54) is 16.6 Å². The van der Waals surface area contributed by atoms with Gasteiger partial charge in [-0.3, -0.25) is 14.7 Å². The molecule has 1 amide bonds. The van der Waals surface area contributed by atoms with Gasteiger partial charge in [0.15, 0.2) is 0 Å². The van der Waals surface area contributed by atoms with Crippen LogP contribution in [0.15, 0.2) is 49.1 Å². The molecule has 1 aliphatic rings. The van der Waals surface area contributed by atoms with Crippen molar-refractivity contribution in [2.45, 2.75) is 19.9 Å². The zero-order chi connectivity index (χ0) is 19.5. The van der Waals surface area contributed by atoms with Gasteiger partial charge < -0.3 is 9.47 Å². The molecule has 146 valence electrons. The van der Waals surface area contributed by atoms with E-state index in [4.69, 9.17) is 0 Å². The van der Waals surface area contributed by atoms with Gasteiger partial charge in [0.05, 0.1) is 17.5 Å². The smallest absolute Gasteiger partial charge is 0.219 e. The second kappa shape index (κ2) is 8.10. The molecule has 0 N–H and O–H groups in total. The number of carbonyl (C=O) groups is 1. The van der Waals surface area contributed by atoms with E-state index in [-0.39, 0.29) is 5.91 Å². The van der Waals surface area contributed by atoms with Crippen LogP contribution in [0.4, 0.5) is 0 Å². The Morgan fingerprint density at radius 3 is 2.82 bits per heavy atom. The Morgan fingerprint density at radius 2 is 2.04 bits per heavy atom. The van der Waals surface area contributed by atoms with Crippen molar-refractivity contribution in [1.82, 2.24) is 24.3 Å². The Labute approximate surface area is 165 Å². The predicted octanol–water partition coefficient (Wildman–Crippen LogP) is 2.49. The molecule has 0 aliphatic carbocycles. The third-order valence-electron chi connectivity index (χ3n) is 5.65. The molecule has 0 saturated carbocycles. The minimum Gasteiger partial charge on any atom is -0.341 e. The van der Waals surface area contributed by atoms with Crippen molar-refractivity contribution in [1.29, 1.82) is 0 Å². The van der Waals surface area contributed by atoms with Crippen molar-refractivity contribution in [3.63, 3.8) is 0 Å². The van der Waals surface area contributed by atoms with E-state index in [0.29, 0.717) is 5.92 Å². The number of hydrogen-bond acceptors (Lipinski definition) is 4. The molecular weight excluding hydrogens is 350 g/mol. The van der Waals surface area contributed by atoms with Crippen LogP contribution < -0.4 is 0 Å². The number of aryl methyl sites for hydroxylation is 1. The Balaban J connectivity index is 1.57. The third-order valence-corrected chi connectivity index (χ3v) is 5.65. The molecule has 2 aromatic heterocycles. The highest BCUT2D eigenvalue weighted by atomic mass is 16.2. The van der Waals surface area contributed by atoms with Gasteiger partial charge in [-0.1, -0.05) is 24.3 Å². The van der Waals surface area contributed by atoms with E-state index in [9.17, 15) is 4.79 Å².